The van der Waals surface area contributed by atoms with E-state index >= 15 is 0 Å². The maximum atomic E-state index is 11.5. The van der Waals surface area contributed by atoms with Crippen molar-refractivity contribution in [3.8, 4) is 0 Å². The zero-order chi connectivity index (χ0) is 33.4. The molecule has 2 atom stereocenters. The highest BCUT2D eigenvalue weighted by molar-refractivity contribution is 5.82. The van der Waals surface area contributed by atoms with Gasteiger partial charge < -0.3 is 0 Å². The minimum atomic E-state index is 0.233. The van der Waals surface area contributed by atoms with Gasteiger partial charge in [-0.3, -0.25) is 9.79 Å². The van der Waals surface area contributed by atoms with Gasteiger partial charge in [0.2, 0.25) is 0 Å². The van der Waals surface area contributed by atoms with Crippen LogP contribution in [0.4, 0.5) is 5.69 Å². The fourth-order valence-corrected chi connectivity index (χ4v) is 3.21. The molecule has 0 spiro atoms. The van der Waals surface area contributed by atoms with E-state index in [1.54, 1.807) is 18.4 Å². The second-order valence-corrected chi connectivity index (χ2v) is 10.9. The highest BCUT2D eigenvalue weighted by atomic mass is 16.1. The van der Waals surface area contributed by atoms with E-state index in [1.165, 1.54) is 23.1 Å². The third kappa shape index (κ3) is 37.5. The van der Waals surface area contributed by atoms with Gasteiger partial charge in [-0.2, -0.15) is 0 Å². The molecule has 41 heavy (non-hydrogen) atoms. The molecule has 0 bridgehead atoms. The molecular weight excluding hydrogens is 498 g/mol. The number of Topliss-reactive ketones (excluding diaryl/α,β-unsaturated/α-hetero) is 1. The van der Waals surface area contributed by atoms with Crippen molar-refractivity contribution in [1.29, 1.82) is 0 Å². The fraction of sp³-hybridized carbons (Fsp3) is 0.590. The largest absolute Gasteiger partial charge is 0.299 e. The van der Waals surface area contributed by atoms with Gasteiger partial charge in [0, 0.05) is 19.1 Å². The number of benzene rings is 1. The van der Waals surface area contributed by atoms with Crippen molar-refractivity contribution in [3.05, 3.63) is 78.9 Å². The van der Waals surface area contributed by atoms with Gasteiger partial charge in [0.15, 0.2) is 0 Å². The SMILES string of the molecule is C=C(C)C.C=CC=Nc1ccc(CC)cc1C.C=CCC(=O)CC(=C)[C@H](CC)[C@H](C)CC.CC.CC(C)C.CCC. The Kier molecular flexibility index (Phi) is 41.8. The van der Waals surface area contributed by atoms with Gasteiger partial charge in [0.05, 0.1) is 5.69 Å². The maximum absolute atomic E-state index is 11.5. The molecular formula is C39H71NO. The van der Waals surface area contributed by atoms with Crippen LogP contribution in [0, 0.1) is 24.7 Å². The Balaban J connectivity index is -0.000000149. The first kappa shape index (κ1) is 48.3. The molecule has 0 amide bonds. The predicted molar refractivity (Wildman–Crippen MR) is 194 cm³/mol. The zero-order valence-corrected chi connectivity index (χ0v) is 30.1. The third-order valence-electron chi connectivity index (χ3n) is 5.08. The number of hydrogen-bond acceptors (Lipinski definition) is 2. The summed E-state index contributed by atoms with van der Waals surface area (Å²) in [5.41, 5.74) is 5.86. The van der Waals surface area contributed by atoms with Crippen molar-refractivity contribution in [1.82, 2.24) is 0 Å². The third-order valence-corrected chi connectivity index (χ3v) is 5.08. The smallest absolute Gasteiger partial charge is 0.140 e. The molecule has 238 valence electrons. The summed E-state index contributed by atoms with van der Waals surface area (Å²) >= 11 is 0. The second kappa shape index (κ2) is 35.5. The van der Waals surface area contributed by atoms with Crippen LogP contribution in [0.2, 0.25) is 0 Å². The predicted octanol–water partition coefficient (Wildman–Crippen LogP) is 13.3. The Bertz CT molecular complexity index is 806. The number of ketones is 1. The van der Waals surface area contributed by atoms with Crippen molar-refractivity contribution in [2.45, 2.75) is 135 Å². The molecule has 1 rings (SSSR count). The molecule has 0 aliphatic heterocycles. The van der Waals surface area contributed by atoms with E-state index in [0.29, 0.717) is 24.7 Å². The lowest BCUT2D eigenvalue weighted by molar-refractivity contribution is -0.117. The number of aryl methyl sites for hydroxylation is 2. The van der Waals surface area contributed by atoms with Crippen molar-refractivity contribution >= 4 is 17.7 Å². The summed E-state index contributed by atoms with van der Waals surface area (Å²) in [5.74, 6) is 2.18. The average Bonchev–Trinajstić information content (AvgIpc) is 2.89. The first-order chi connectivity index (χ1) is 19.2. The number of aliphatic imine (C=N–C) groups is 1. The molecule has 2 heteroatoms. The molecule has 0 aliphatic carbocycles. The second-order valence-electron chi connectivity index (χ2n) is 10.9. The van der Waals surface area contributed by atoms with Gasteiger partial charge in [-0.15, -0.1) is 13.2 Å². The van der Waals surface area contributed by atoms with E-state index in [4.69, 9.17) is 0 Å². The molecule has 0 saturated heterocycles. The fourth-order valence-electron chi connectivity index (χ4n) is 3.21. The van der Waals surface area contributed by atoms with Gasteiger partial charge in [-0.05, 0) is 68.6 Å². The van der Waals surface area contributed by atoms with Crippen LogP contribution in [0.1, 0.15) is 133 Å². The number of rotatable bonds is 11. The van der Waals surface area contributed by atoms with Crippen LogP contribution < -0.4 is 0 Å². The molecule has 0 N–H and O–H groups in total. The number of allylic oxidation sites excluding steroid dienone is 4. The maximum Gasteiger partial charge on any atom is 0.140 e. The van der Waals surface area contributed by atoms with Crippen molar-refractivity contribution in [3.63, 3.8) is 0 Å². The Morgan fingerprint density at radius 3 is 1.71 bits per heavy atom. The van der Waals surface area contributed by atoms with E-state index in [9.17, 15) is 4.79 Å². The van der Waals surface area contributed by atoms with E-state index in [2.05, 4.69) is 113 Å². The summed E-state index contributed by atoms with van der Waals surface area (Å²) in [6, 6.07) is 6.34. The molecule has 1 aromatic rings. The zero-order valence-electron chi connectivity index (χ0n) is 30.1. The normalized spacial score (nSPS) is 10.7. The topological polar surface area (TPSA) is 29.4 Å². The molecule has 0 aromatic heterocycles. The molecule has 0 unspecified atom stereocenters. The van der Waals surface area contributed by atoms with Crippen LogP contribution in [0.15, 0.2) is 72.8 Å². The first-order valence-electron chi connectivity index (χ1n) is 15.9. The van der Waals surface area contributed by atoms with Crippen LogP contribution in [-0.4, -0.2) is 12.0 Å². The standard InChI is InChI=1S/C14H24O.C12H15N.C4H10.C4H8.C3H8.C2H6/c1-6-9-13(15)10-12(5)14(8-3)11(4)7-2;1-4-8-13-12-7-6-11(5-2)9-10(12)3;2*1-4(2)3;1-3-2;1-2/h6,11,14H,1,5,7-10H2,2-4H3;4,6-9H,1,5H2,2-3H3;4H,1-3H3;1H2,2-3H3;3H2,1-2H3;1-2H3/t11-,14-;;;;;/m1...../s1. The van der Waals surface area contributed by atoms with Crippen LogP contribution in [-0.2, 0) is 11.2 Å². The van der Waals surface area contributed by atoms with Crippen LogP contribution in [0.5, 0.6) is 0 Å². The van der Waals surface area contributed by atoms with Gasteiger partial charge in [0.25, 0.3) is 0 Å². The monoisotopic (exact) mass is 570 g/mol. The summed E-state index contributed by atoms with van der Waals surface area (Å²) < 4.78 is 0. The molecule has 0 radical (unpaired) electrons. The molecule has 0 aliphatic rings. The lowest BCUT2D eigenvalue weighted by atomic mass is 9.82. The quantitative estimate of drug-likeness (QED) is 0.192. The molecule has 2 nitrogen and oxygen atoms in total. The first-order valence-corrected chi connectivity index (χ1v) is 15.9. The van der Waals surface area contributed by atoms with Gasteiger partial charge >= 0.3 is 0 Å². The lowest BCUT2D eigenvalue weighted by Gasteiger charge is -2.23. The van der Waals surface area contributed by atoms with E-state index in [0.717, 1.165) is 36.4 Å². The number of carbonyl (C=O) groups is 1. The van der Waals surface area contributed by atoms with E-state index in [-0.39, 0.29) is 5.78 Å². The Morgan fingerprint density at radius 2 is 1.39 bits per heavy atom. The van der Waals surface area contributed by atoms with E-state index < -0.39 is 0 Å². The summed E-state index contributed by atoms with van der Waals surface area (Å²) in [4.78, 5) is 15.7. The average molecular weight is 570 g/mol. The summed E-state index contributed by atoms with van der Waals surface area (Å²) in [6.07, 6.45) is 10.6. The summed E-state index contributed by atoms with van der Waals surface area (Å²) in [5, 5.41) is 0. The molecule has 0 saturated carbocycles. The van der Waals surface area contributed by atoms with Crippen LogP contribution in [0.25, 0.3) is 0 Å². The lowest BCUT2D eigenvalue weighted by Crippen LogP contribution is -2.14. The number of carbonyl (C=O) groups excluding carboxylic acids is 1. The van der Waals surface area contributed by atoms with Gasteiger partial charge in [-0.1, -0.05) is 138 Å². The van der Waals surface area contributed by atoms with Crippen LogP contribution in [0.3, 0.4) is 0 Å². The van der Waals surface area contributed by atoms with Crippen molar-refractivity contribution < 1.29 is 4.79 Å². The van der Waals surface area contributed by atoms with Gasteiger partial charge in [0.1, 0.15) is 5.78 Å². The Hall–Kier alpha value is -2.48. The summed E-state index contributed by atoms with van der Waals surface area (Å²) in [7, 11) is 0. The van der Waals surface area contributed by atoms with Crippen LogP contribution >= 0.6 is 0 Å². The molecule has 1 aromatic carbocycles. The molecule has 0 heterocycles. The van der Waals surface area contributed by atoms with E-state index in [1.807, 2.05) is 33.8 Å². The van der Waals surface area contributed by atoms with Gasteiger partial charge in [-0.25, -0.2) is 0 Å². The van der Waals surface area contributed by atoms with Crippen molar-refractivity contribution in [2.75, 3.05) is 0 Å². The highest BCUT2D eigenvalue weighted by Gasteiger charge is 2.18. The highest BCUT2D eigenvalue weighted by Crippen LogP contribution is 2.27. The number of hydrogen-bond donors (Lipinski definition) is 0. The van der Waals surface area contributed by atoms with Crippen molar-refractivity contribution in [2.24, 2.45) is 22.7 Å². The molecule has 0 fully saturated rings. The minimum absolute atomic E-state index is 0.233. The Morgan fingerprint density at radius 1 is 0.927 bits per heavy atom. The number of nitrogens with zero attached hydrogens (tertiary/aromatic N) is 1. The minimum Gasteiger partial charge on any atom is -0.299 e. The Labute approximate surface area is 259 Å². The summed E-state index contributed by atoms with van der Waals surface area (Å²) in [6.45, 7) is 44.3.